The molecule has 11 rings (SSSR count). The summed E-state index contributed by atoms with van der Waals surface area (Å²) < 4.78 is 2.36. The summed E-state index contributed by atoms with van der Waals surface area (Å²) in [4.78, 5) is 12.2. The summed E-state index contributed by atoms with van der Waals surface area (Å²) in [5, 5.41) is 21.6. The summed E-state index contributed by atoms with van der Waals surface area (Å²) in [5.41, 5.74) is 16.2. The molecule has 6 nitrogen and oxygen atoms in total. The highest BCUT2D eigenvalue weighted by Crippen LogP contribution is 2.40. The zero-order chi connectivity index (χ0) is 44.4. The zero-order valence-electron chi connectivity index (χ0n) is 35.6. The van der Waals surface area contributed by atoms with Crippen molar-refractivity contribution in [2.75, 3.05) is 4.90 Å². The Hall–Kier alpha value is -9.36. The standard InChI is InChI=1S/C60H38N6/c61-39-41-11-9-13-48(35-41)57-38-56(63-60(64-57)49-14-10-12-42(36-49)40-62)47-27-25-45(26-28-47)43-21-23-44(24-22-43)46-29-31-52(32-30-46)66-58-20-8-7-19-54(58)55-37-53(33-34-59(55)66)65(50-15-3-1-4-16-50)51-17-5-2-6-18-51/h1-38H. The minimum absolute atomic E-state index is 0.508. The Bertz CT molecular complexity index is 3520. The quantitative estimate of drug-likeness (QED) is 0.145. The Morgan fingerprint density at radius 3 is 1.42 bits per heavy atom. The molecule has 0 aliphatic heterocycles. The van der Waals surface area contributed by atoms with Crippen molar-refractivity contribution in [1.29, 1.82) is 10.5 Å². The Balaban J connectivity index is 0.874. The molecule has 2 heterocycles. The van der Waals surface area contributed by atoms with Crippen LogP contribution in [0.1, 0.15) is 11.1 Å². The minimum Gasteiger partial charge on any atom is -0.310 e. The van der Waals surface area contributed by atoms with Crippen molar-refractivity contribution in [2.24, 2.45) is 0 Å². The number of rotatable bonds is 9. The van der Waals surface area contributed by atoms with E-state index in [4.69, 9.17) is 9.97 Å². The van der Waals surface area contributed by atoms with Crippen molar-refractivity contribution in [3.63, 3.8) is 0 Å². The van der Waals surface area contributed by atoms with Crippen molar-refractivity contribution in [3.05, 3.63) is 242 Å². The van der Waals surface area contributed by atoms with Crippen LogP contribution in [0.3, 0.4) is 0 Å². The molecule has 0 N–H and O–H groups in total. The Morgan fingerprint density at radius 1 is 0.348 bits per heavy atom. The summed E-state index contributed by atoms with van der Waals surface area (Å²) in [5.74, 6) is 0.508. The third-order valence-corrected chi connectivity index (χ3v) is 12.1. The number of nitrogens with zero attached hydrogens (tertiary/aromatic N) is 6. The summed E-state index contributed by atoms with van der Waals surface area (Å²) in [6, 6.07) is 83.5. The number of para-hydroxylation sites is 3. The molecular weight excluding hydrogens is 805 g/mol. The number of hydrogen-bond acceptors (Lipinski definition) is 5. The monoisotopic (exact) mass is 842 g/mol. The fourth-order valence-corrected chi connectivity index (χ4v) is 8.82. The largest absolute Gasteiger partial charge is 0.310 e. The molecule has 0 spiro atoms. The fourth-order valence-electron chi connectivity index (χ4n) is 8.82. The van der Waals surface area contributed by atoms with Gasteiger partial charge in [-0.25, -0.2) is 9.97 Å². The first-order valence-electron chi connectivity index (χ1n) is 21.8. The average molecular weight is 843 g/mol. The van der Waals surface area contributed by atoms with Gasteiger partial charge in [-0.2, -0.15) is 10.5 Å². The maximum atomic E-state index is 9.58. The summed E-state index contributed by atoms with van der Waals surface area (Å²) >= 11 is 0. The van der Waals surface area contributed by atoms with Crippen molar-refractivity contribution in [3.8, 4) is 74.0 Å². The molecule has 0 atom stereocenters. The molecule has 0 radical (unpaired) electrons. The van der Waals surface area contributed by atoms with Gasteiger partial charge in [0.15, 0.2) is 5.82 Å². The molecule has 0 aliphatic rings. The second-order valence-electron chi connectivity index (χ2n) is 16.1. The van der Waals surface area contributed by atoms with E-state index < -0.39 is 0 Å². The lowest BCUT2D eigenvalue weighted by molar-refractivity contribution is 1.18. The molecule has 9 aromatic carbocycles. The van der Waals surface area contributed by atoms with Gasteiger partial charge in [-0.1, -0.05) is 140 Å². The van der Waals surface area contributed by atoms with E-state index in [0.717, 1.165) is 78.4 Å². The molecule has 0 aliphatic carbocycles. The van der Waals surface area contributed by atoms with E-state index in [9.17, 15) is 10.5 Å². The van der Waals surface area contributed by atoms with Gasteiger partial charge in [-0.15, -0.1) is 0 Å². The number of anilines is 3. The van der Waals surface area contributed by atoms with Gasteiger partial charge >= 0.3 is 0 Å². The van der Waals surface area contributed by atoms with E-state index >= 15 is 0 Å². The molecule has 11 aromatic rings. The van der Waals surface area contributed by atoms with Gasteiger partial charge in [0, 0.05) is 50.2 Å². The van der Waals surface area contributed by atoms with Crippen LogP contribution in [0.4, 0.5) is 17.1 Å². The van der Waals surface area contributed by atoms with Gasteiger partial charge in [0.1, 0.15) is 0 Å². The highest BCUT2D eigenvalue weighted by molar-refractivity contribution is 6.10. The molecule has 6 heteroatoms. The SMILES string of the molecule is N#Cc1cccc(-c2cc(-c3ccc(-c4ccc(-c5ccc(-n6c7ccccc7c7cc(N(c8ccccc8)c8ccccc8)ccc76)cc5)cc4)cc3)nc(-c3cccc(C#N)c3)n2)c1. The molecule has 0 saturated carbocycles. The van der Waals surface area contributed by atoms with Gasteiger partial charge < -0.3 is 9.47 Å². The lowest BCUT2D eigenvalue weighted by Crippen LogP contribution is -2.09. The van der Waals surface area contributed by atoms with Crippen molar-refractivity contribution < 1.29 is 0 Å². The Labute approximate surface area is 382 Å². The van der Waals surface area contributed by atoms with Crippen molar-refractivity contribution in [1.82, 2.24) is 14.5 Å². The van der Waals surface area contributed by atoms with Gasteiger partial charge in [0.25, 0.3) is 0 Å². The lowest BCUT2D eigenvalue weighted by atomic mass is 9.98. The number of aromatic nitrogens is 3. The molecule has 0 bridgehead atoms. The first-order chi connectivity index (χ1) is 32.6. The minimum atomic E-state index is 0.508. The number of nitriles is 2. The van der Waals surface area contributed by atoms with Crippen LogP contribution in [-0.2, 0) is 0 Å². The van der Waals surface area contributed by atoms with Crippen LogP contribution in [0.5, 0.6) is 0 Å². The fraction of sp³-hybridized carbons (Fsp3) is 0. The maximum absolute atomic E-state index is 9.58. The first kappa shape index (κ1) is 39.5. The maximum Gasteiger partial charge on any atom is 0.160 e. The van der Waals surface area contributed by atoms with Crippen LogP contribution < -0.4 is 4.90 Å². The molecule has 308 valence electrons. The van der Waals surface area contributed by atoms with Crippen LogP contribution in [0.15, 0.2) is 231 Å². The topological polar surface area (TPSA) is 81.5 Å². The third-order valence-electron chi connectivity index (χ3n) is 12.1. The summed E-state index contributed by atoms with van der Waals surface area (Å²) in [6.45, 7) is 0. The van der Waals surface area contributed by atoms with E-state index in [1.165, 1.54) is 10.8 Å². The van der Waals surface area contributed by atoms with E-state index in [0.29, 0.717) is 22.6 Å². The van der Waals surface area contributed by atoms with Crippen LogP contribution in [0, 0.1) is 22.7 Å². The Kier molecular flexibility index (Phi) is 10.2. The molecule has 0 saturated heterocycles. The van der Waals surface area contributed by atoms with E-state index in [2.05, 4.69) is 198 Å². The zero-order valence-corrected chi connectivity index (χ0v) is 35.6. The lowest BCUT2D eigenvalue weighted by Gasteiger charge is -2.25. The average Bonchev–Trinajstić information content (AvgIpc) is 3.73. The van der Waals surface area contributed by atoms with E-state index in [1.54, 1.807) is 18.2 Å². The van der Waals surface area contributed by atoms with Crippen LogP contribution in [0.2, 0.25) is 0 Å². The molecular formula is C60H38N6. The highest BCUT2D eigenvalue weighted by atomic mass is 15.1. The summed E-state index contributed by atoms with van der Waals surface area (Å²) in [7, 11) is 0. The van der Waals surface area contributed by atoms with Crippen LogP contribution >= 0.6 is 0 Å². The van der Waals surface area contributed by atoms with Crippen molar-refractivity contribution >= 4 is 38.9 Å². The molecule has 66 heavy (non-hydrogen) atoms. The number of hydrogen-bond donors (Lipinski definition) is 0. The van der Waals surface area contributed by atoms with Crippen LogP contribution in [0.25, 0.3) is 83.6 Å². The van der Waals surface area contributed by atoms with Crippen LogP contribution in [-0.4, -0.2) is 14.5 Å². The van der Waals surface area contributed by atoms with Gasteiger partial charge in [-0.05, 0) is 113 Å². The number of fused-ring (bicyclic) bond motifs is 3. The molecule has 0 fully saturated rings. The van der Waals surface area contributed by atoms with E-state index in [1.807, 2.05) is 36.4 Å². The third kappa shape index (κ3) is 7.51. The highest BCUT2D eigenvalue weighted by Gasteiger charge is 2.18. The normalized spacial score (nSPS) is 11.0. The second kappa shape index (κ2) is 17.1. The summed E-state index contributed by atoms with van der Waals surface area (Å²) in [6.07, 6.45) is 0. The molecule has 0 unspecified atom stereocenters. The second-order valence-corrected chi connectivity index (χ2v) is 16.1. The van der Waals surface area contributed by atoms with E-state index in [-0.39, 0.29) is 0 Å². The Morgan fingerprint density at radius 2 is 0.833 bits per heavy atom. The molecule has 2 aromatic heterocycles. The number of benzene rings is 9. The predicted molar refractivity (Wildman–Crippen MR) is 268 cm³/mol. The van der Waals surface area contributed by atoms with Gasteiger partial charge in [-0.3, -0.25) is 0 Å². The molecule has 0 amide bonds. The van der Waals surface area contributed by atoms with Gasteiger partial charge in [0.05, 0.1) is 45.7 Å². The van der Waals surface area contributed by atoms with Gasteiger partial charge in [0.2, 0.25) is 0 Å². The smallest absolute Gasteiger partial charge is 0.160 e. The first-order valence-corrected chi connectivity index (χ1v) is 21.8. The van der Waals surface area contributed by atoms with Crippen molar-refractivity contribution in [2.45, 2.75) is 0 Å². The predicted octanol–water partition coefficient (Wildman–Crippen LogP) is 15.1.